The number of rotatable bonds is 6. The van der Waals surface area contributed by atoms with Crippen molar-refractivity contribution in [3.63, 3.8) is 0 Å². The summed E-state index contributed by atoms with van der Waals surface area (Å²) in [6.45, 7) is 3.75. The quantitative estimate of drug-likeness (QED) is 0.774. The zero-order valence-corrected chi connectivity index (χ0v) is 16.9. The molecule has 30 heavy (non-hydrogen) atoms. The van der Waals surface area contributed by atoms with Gasteiger partial charge >= 0.3 is 0 Å². The number of hydrogen-bond acceptors (Lipinski definition) is 8. The molecule has 1 amide bonds. The third-order valence-corrected chi connectivity index (χ3v) is 5.44. The molecule has 1 N–H and O–H groups in total. The molecule has 156 valence electrons. The summed E-state index contributed by atoms with van der Waals surface area (Å²) in [5.41, 5.74) is 0.845. The van der Waals surface area contributed by atoms with E-state index in [1.165, 1.54) is 12.0 Å². The number of benzene rings is 1. The Labute approximate surface area is 175 Å². The Kier molecular flexibility index (Phi) is 5.79. The predicted octanol–water partition coefficient (Wildman–Crippen LogP) is 1.95. The van der Waals surface area contributed by atoms with Crippen molar-refractivity contribution in [2.24, 2.45) is 5.41 Å². The van der Waals surface area contributed by atoms with Gasteiger partial charge < -0.3 is 19.7 Å². The number of ether oxygens (including phenoxy) is 2. The number of anilines is 4. The highest BCUT2D eigenvalue weighted by atomic mass is 16.5. The highest BCUT2D eigenvalue weighted by molar-refractivity contribution is 6.01. The third kappa shape index (κ3) is 3.92. The van der Waals surface area contributed by atoms with Gasteiger partial charge in [0.1, 0.15) is 5.82 Å². The summed E-state index contributed by atoms with van der Waals surface area (Å²) in [5.74, 6) is 0.572. The number of carbonyl (C=O) groups is 1. The SMILES string of the molecule is COCC1(C#N)CCN(c2ccnc(Nc3ccc(N4CCOCC4)cc3)n2)C1=O. The zero-order chi connectivity index (χ0) is 21.0. The Balaban J connectivity index is 1.46. The van der Waals surface area contributed by atoms with Crippen LogP contribution in [-0.2, 0) is 14.3 Å². The van der Waals surface area contributed by atoms with Gasteiger partial charge in [0.2, 0.25) is 5.95 Å². The van der Waals surface area contributed by atoms with Crippen LogP contribution < -0.4 is 15.1 Å². The van der Waals surface area contributed by atoms with Crippen molar-refractivity contribution in [3.8, 4) is 6.07 Å². The lowest BCUT2D eigenvalue weighted by Crippen LogP contribution is -2.37. The van der Waals surface area contributed by atoms with Crippen LogP contribution in [0.5, 0.6) is 0 Å². The Hall–Kier alpha value is -3.22. The number of nitrogens with zero attached hydrogens (tertiary/aromatic N) is 5. The number of morpholine rings is 1. The molecule has 9 nitrogen and oxygen atoms in total. The van der Waals surface area contributed by atoms with Gasteiger partial charge in [0.05, 0.1) is 25.9 Å². The minimum atomic E-state index is -1.15. The number of hydrogen-bond donors (Lipinski definition) is 1. The summed E-state index contributed by atoms with van der Waals surface area (Å²) in [6.07, 6.45) is 2.01. The number of aromatic nitrogens is 2. The Morgan fingerprint density at radius 2 is 2.00 bits per heavy atom. The van der Waals surface area contributed by atoms with E-state index in [1.807, 2.05) is 24.3 Å². The highest BCUT2D eigenvalue weighted by Gasteiger charge is 2.48. The second-order valence-corrected chi connectivity index (χ2v) is 7.34. The van der Waals surface area contributed by atoms with Crippen molar-refractivity contribution in [1.29, 1.82) is 5.26 Å². The molecule has 2 fully saturated rings. The lowest BCUT2D eigenvalue weighted by molar-refractivity contribution is -0.125. The zero-order valence-electron chi connectivity index (χ0n) is 16.9. The van der Waals surface area contributed by atoms with Gasteiger partial charge in [0.25, 0.3) is 5.91 Å². The molecule has 0 radical (unpaired) electrons. The molecule has 9 heteroatoms. The van der Waals surface area contributed by atoms with E-state index in [0.29, 0.717) is 24.7 Å². The van der Waals surface area contributed by atoms with Gasteiger partial charge in [-0.3, -0.25) is 9.69 Å². The van der Waals surface area contributed by atoms with Crippen LogP contribution in [-0.4, -0.2) is 62.4 Å². The van der Waals surface area contributed by atoms with Crippen molar-refractivity contribution >= 4 is 29.0 Å². The predicted molar refractivity (Wildman–Crippen MR) is 112 cm³/mol. The van der Waals surface area contributed by atoms with Crippen LogP contribution in [0.4, 0.5) is 23.1 Å². The molecule has 0 bridgehead atoms. The molecule has 1 aromatic carbocycles. The van der Waals surface area contributed by atoms with E-state index in [9.17, 15) is 10.1 Å². The second kappa shape index (κ2) is 8.65. The van der Waals surface area contributed by atoms with Crippen LogP contribution in [0.3, 0.4) is 0 Å². The molecule has 2 aromatic rings. The fraction of sp³-hybridized carbons (Fsp3) is 0.429. The first-order valence-corrected chi connectivity index (χ1v) is 9.90. The van der Waals surface area contributed by atoms with Crippen LogP contribution in [0.1, 0.15) is 6.42 Å². The molecule has 1 aromatic heterocycles. The van der Waals surface area contributed by atoms with Gasteiger partial charge in [-0.25, -0.2) is 4.98 Å². The Bertz CT molecular complexity index is 939. The first kappa shape index (κ1) is 20.1. The molecule has 0 spiro atoms. The van der Waals surface area contributed by atoms with E-state index >= 15 is 0 Å². The molecular weight excluding hydrogens is 384 g/mol. The molecule has 0 saturated carbocycles. The largest absolute Gasteiger partial charge is 0.382 e. The van der Waals surface area contributed by atoms with E-state index in [4.69, 9.17) is 9.47 Å². The van der Waals surface area contributed by atoms with Gasteiger partial charge in [0, 0.05) is 44.3 Å². The van der Waals surface area contributed by atoms with Gasteiger partial charge in [0.15, 0.2) is 5.41 Å². The van der Waals surface area contributed by atoms with Crippen LogP contribution in [0, 0.1) is 16.7 Å². The lowest BCUT2D eigenvalue weighted by atomic mass is 9.89. The van der Waals surface area contributed by atoms with Gasteiger partial charge in [-0.05, 0) is 36.8 Å². The molecule has 2 aliphatic rings. The topological polar surface area (TPSA) is 104 Å². The average molecular weight is 408 g/mol. The summed E-state index contributed by atoms with van der Waals surface area (Å²) >= 11 is 0. The van der Waals surface area contributed by atoms with E-state index in [0.717, 1.165) is 37.7 Å². The van der Waals surface area contributed by atoms with Crippen molar-refractivity contribution in [1.82, 2.24) is 9.97 Å². The fourth-order valence-electron chi connectivity index (χ4n) is 3.77. The van der Waals surface area contributed by atoms with E-state index in [-0.39, 0.29) is 12.5 Å². The lowest BCUT2D eigenvalue weighted by Gasteiger charge is -2.28. The summed E-state index contributed by atoms with van der Waals surface area (Å²) in [5, 5.41) is 12.7. The second-order valence-electron chi connectivity index (χ2n) is 7.34. The van der Waals surface area contributed by atoms with Gasteiger partial charge in [-0.15, -0.1) is 0 Å². The number of nitrogens with one attached hydrogen (secondary N) is 1. The maximum atomic E-state index is 12.8. The third-order valence-electron chi connectivity index (χ3n) is 5.44. The molecule has 2 saturated heterocycles. The maximum absolute atomic E-state index is 12.8. The minimum absolute atomic E-state index is 0.0739. The summed E-state index contributed by atoms with van der Waals surface area (Å²) < 4.78 is 10.5. The first-order valence-electron chi connectivity index (χ1n) is 9.90. The molecular formula is C21H24N6O3. The number of amides is 1. The summed E-state index contributed by atoms with van der Waals surface area (Å²) in [4.78, 5) is 25.4. The van der Waals surface area contributed by atoms with Gasteiger partial charge in [-0.1, -0.05) is 0 Å². The summed E-state index contributed by atoms with van der Waals surface area (Å²) in [7, 11) is 1.49. The van der Waals surface area contributed by atoms with Crippen molar-refractivity contribution in [2.75, 3.05) is 61.7 Å². The summed E-state index contributed by atoms with van der Waals surface area (Å²) in [6, 6.07) is 11.8. The Morgan fingerprint density at radius 1 is 1.23 bits per heavy atom. The maximum Gasteiger partial charge on any atom is 0.251 e. The van der Waals surface area contributed by atoms with Crippen molar-refractivity contribution in [2.45, 2.75) is 6.42 Å². The van der Waals surface area contributed by atoms with Crippen molar-refractivity contribution in [3.05, 3.63) is 36.5 Å². The normalized spacial score (nSPS) is 21.5. The van der Waals surface area contributed by atoms with Crippen LogP contribution >= 0.6 is 0 Å². The molecule has 2 aliphatic heterocycles. The van der Waals surface area contributed by atoms with Crippen molar-refractivity contribution < 1.29 is 14.3 Å². The Morgan fingerprint density at radius 3 is 2.70 bits per heavy atom. The van der Waals surface area contributed by atoms with Crippen LogP contribution in [0.25, 0.3) is 0 Å². The van der Waals surface area contributed by atoms with E-state index in [1.54, 1.807) is 12.3 Å². The molecule has 3 heterocycles. The average Bonchev–Trinajstić information content (AvgIpc) is 3.12. The number of methoxy groups -OCH3 is 1. The molecule has 1 atom stereocenters. The number of nitriles is 1. The smallest absolute Gasteiger partial charge is 0.251 e. The minimum Gasteiger partial charge on any atom is -0.382 e. The van der Waals surface area contributed by atoms with Crippen LogP contribution in [0.2, 0.25) is 0 Å². The highest BCUT2D eigenvalue weighted by Crippen LogP contribution is 2.34. The van der Waals surface area contributed by atoms with E-state index in [2.05, 4.69) is 26.3 Å². The monoisotopic (exact) mass is 408 g/mol. The molecule has 1 unspecified atom stereocenters. The van der Waals surface area contributed by atoms with Gasteiger partial charge in [-0.2, -0.15) is 10.2 Å². The fourth-order valence-corrected chi connectivity index (χ4v) is 3.77. The number of carbonyl (C=O) groups excluding carboxylic acids is 1. The standard InChI is InChI=1S/C21H24N6O3/c1-29-15-21(14-22)7-9-27(19(21)28)18-6-8-23-20(25-18)24-16-2-4-17(5-3-16)26-10-12-30-13-11-26/h2-6,8H,7,9-13,15H2,1H3,(H,23,24,25). The molecule has 0 aliphatic carbocycles. The molecule has 4 rings (SSSR count). The first-order chi connectivity index (χ1) is 14.6. The van der Waals surface area contributed by atoms with Crippen LogP contribution in [0.15, 0.2) is 36.5 Å². The van der Waals surface area contributed by atoms with E-state index < -0.39 is 5.41 Å².